The molecular weight excluding hydrogens is 390 g/mol. The number of benzene rings is 1. The molecule has 1 unspecified atom stereocenters. The molecule has 9 nitrogen and oxygen atoms in total. The summed E-state index contributed by atoms with van der Waals surface area (Å²) in [7, 11) is 0. The minimum Gasteiger partial charge on any atom is -0.466 e. The van der Waals surface area contributed by atoms with E-state index in [-0.39, 0.29) is 36.6 Å². The second-order valence-electron chi connectivity index (χ2n) is 7.12. The number of amides is 3. The highest BCUT2D eigenvalue weighted by atomic mass is 16.5. The van der Waals surface area contributed by atoms with Gasteiger partial charge in [-0.2, -0.15) is 0 Å². The largest absolute Gasteiger partial charge is 0.466 e. The fourth-order valence-corrected chi connectivity index (χ4v) is 3.56. The zero-order valence-corrected chi connectivity index (χ0v) is 16.8. The number of likely N-dealkylation sites (tertiary alicyclic amines) is 1. The summed E-state index contributed by atoms with van der Waals surface area (Å²) < 4.78 is 5.07. The van der Waals surface area contributed by atoms with Crippen LogP contribution >= 0.6 is 0 Å². The average Bonchev–Trinajstić information content (AvgIpc) is 3.02. The number of esters is 1. The molecule has 30 heavy (non-hydrogen) atoms. The number of carbonyl (C=O) groups is 4. The van der Waals surface area contributed by atoms with Gasteiger partial charge in [-0.15, -0.1) is 0 Å². The molecule has 3 rings (SSSR count). The number of piperidine rings is 1. The van der Waals surface area contributed by atoms with Crippen molar-refractivity contribution in [2.24, 2.45) is 5.92 Å². The number of rotatable bonds is 7. The second-order valence-corrected chi connectivity index (χ2v) is 7.12. The summed E-state index contributed by atoms with van der Waals surface area (Å²) in [4.78, 5) is 51.4. The first kappa shape index (κ1) is 21.5. The van der Waals surface area contributed by atoms with Crippen LogP contribution in [0.2, 0.25) is 0 Å². The minimum atomic E-state index is -0.507. The Bertz CT molecular complexity index is 864. The predicted octanol–water partition coefficient (Wildman–Crippen LogP) is 0.759. The van der Waals surface area contributed by atoms with E-state index in [1.54, 1.807) is 36.1 Å². The number of β-amino-alcohol motifs (C(OH)–C–C–N with tert-alkyl or cyclic N) is 1. The molecule has 1 aromatic carbocycles. The third-order valence-corrected chi connectivity index (χ3v) is 5.07. The van der Waals surface area contributed by atoms with Gasteiger partial charge in [-0.05, 0) is 44.0 Å². The number of imide groups is 1. The Kier molecular flexibility index (Phi) is 6.83. The smallest absolute Gasteiger partial charge is 0.310 e. The maximum absolute atomic E-state index is 12.8. The van der Waals surface area contributed by atoms with Gasteiger partial charge in [0.1, 0.15) is 5.70 Å². The van der Waals surface area contributed by atoms with E-state index in [0.717, 1.165) is 11.3 Å². The highest BCUT2D eigenvalue weighted by Gasteiger charge is 2.31. The number of ether oxygens (including phenoxy) is 1. The Morgan fingerprint density at radius 3 is 2.63 bits per heavy atom. The van der Waals surface area contributed by atoms with Gasteiger partial charge < -0.3 is 20.1 Å². The Balaban J connectivity index is 1.62. The lowest BCUT2D eigenvalue weighted by atomic mass is 9.97. The van der Waals surface area contributed by atoms with E-state index in [9.17, 15) is 19.2 Å². The van der Waals surface area contributed by atoms with Crippen molar-refractivity contribution in [1.29, 1.82) is 0 Å². The van der Waals surface area contributed by atoms with Gasteiger partial charge in [0.2, 0.25) is 0 Å². The van der Waals surface area contributed by atoms with Crippen molar-refractivity contribution < 1.29 is 29.0 Å². The first-order valence-electron chi connectivity index (χ1n) is 9.96. The first-order valence-corrected chi connectivity index (χ1v) is 9.96. The zero-order chi connectivity index (χ0) is 21.7. The average molecular weight is 415 g/mol. The van der Waals surface area contributed by atoms with Crippen LogP contribution in [0.3, 0.4) is 0 Å². The fraction of sp³-hybridized carbons (Fsp3) is 0.429. The van der Waals surface area contributed by atoms with Crippen LogP contribution in [0, 0.1) is 5.92 Å². The number of anilines is 1. The number of carbonyl (C=O) groups excluding carboxylic acids is 4. The summed E-state index contributed by atoms with van der Waals surface area (Å²) >= 11 is 0. The Labute approximate surface area is 174 Å². The number of aliphatic hydroxyl groups is 1. The molecule has 0 radical (unpaired) electrons. The van der Waals surface area contributed by atoms with Crippen LogP contribution in [-0.2, 0) is 19.1 Å². The molecule has 0 aliphatic carbocycles. The number of hydrogen-bond acceptors (Lipinski definition) is 7. The molecule has 1 fully saturated rings. The lowest BCUT2D eigenvalue weighted by molar-refractivity contribution is -0.149. The van der Waals surface area contributed by atoms with Crippen molar-refractivity contribution in [2.75, 3.05) is 38.2 Å². The van der Waals surface area contributed by atoms with Gasteiger partial charge in [0.25, 0.3) is 17.7 Å². The molecule has 1 saturated heterocycles. The molecule has 0 bridgehead atoms. The lowest BCUT2D eigenvalue weighted by Gasteiger charge is -2.31. The third kappa shape index (κ3) is 4.68. The molecular formula is C21H25N3O6. The van der Waals surface area contributed by atoms with Crippen LogP contribution in [-0.4, -0.2) is 71.4 Å². The summed E-state index contributed by atoms with van der Waals surface area (Å²) in [6, 6.07) is 6.55. The Morgan fingerprint density at radius 2 is 1.97 bits per heavy atom. The SMILES string of the molecule is CCOC(=O)C1CCCN(C(=O)c2ccc(NC3=CC(=O)N(CCO)C3=O)cc2)C1. The Morgan fingerprint density at radius 1 is 1.23 bits per heavy atom. The van der Waals surface area contributed by atoms with E-state index in [1.807, 2.05) is 0 Å². The molecule has 2 heterocycles. The van der Waals surface area contributed by atoms with Crippen molar-refractivity contribution in [3.8, 4) is 0 Å². The molecule has 0 saturated carbocycles. The first-order chi connectivity index (χ1) is 14.4. The number of nitrogens with one attached hydrogen (secondary N) is 1. The van der Waals surface area contributed by atoms with Gasteiger partial charge in [0.05, 0.1) is 25.7 Å². The number of aliphatic hydroxyl groups excluding tert-OH is 1. The van der Waals surface area contributed by atoms with E-state index in [2.05, 4.69) is 5.32 Å². The summed E-state index contributed by atoms with van der Waals surface area (Å²) in [5.74, 6) is -1.73. The van der Waals surface area contributed by atoms with Crippen molar-refractivity contribution in [3.05, 3.63) is 41.6 Å². The van der Waals surface area contributed by atoms with E-state index < -0.39 is 11.8 Å². The maximum atomic E-state index is 12.8. The summed E-state index contributed by atoms with van der Waals surface area (Å²) in [5, 5.41) is 11.8. The standard InChI is InChI=1S/C21H25N3O6/c1-2-30-21(29)15-4-3-9-23(13-15)19(27)14-5-7-16(8-6-14)22-17-12-18(26)24(10-11-25)20(17)28/h5-8,12,15,22,25H,2-4,9-11,13H2,1H3. The fourth-order valence-electron chi connectivity index (χ4n) is 3.56. The second kappa shape index (κ2) is 9.53. The van der Waals surface area contributed by atoms with Gasteiger partial charge in [0, 0.05) is 30.4 Å². The van der Waals surface area contributed by atoms with Crippen LogP contribution in [0.25, 0.3) is 0 Å². The van der Waals surface area contributed by atoms with Gasteiger partial charge in [-0.1, -0.05) is 0 Å². The van der Waals surface area contributed by atoms with Crippen LogP contribution in [0.5, 0.6) is 0 Å². The Hall–Kier alpha value is -3.20. The van der Waals surface area contributed by atoms with Crippen LogP contribution in [0.1, 0.15) is 30.1 Å². The highest BCUT2D eigenvalue weighted by Crippen LogP contribution is 2.22. The molecule has 1 aromatic rings. The predicted molar refractivity (Wildman–Crippen MR) is 107 cm³/mol. The van der Waals surface area contributed by atoms with E-state index in [1.165, 1.54) is 6.08 Å². The molecule has 9 heteroatoms. The van der Waals surface area contributed by atoms with Crippen molar-refractivity contribution >= 4 is 29.4 Å². The molecule has 160 valence electrons. The minimum absolute atomic E-state index is 0.0601. The topological polar surface area (TPSA) is 116 Å². The summed E-state index contributed by atoms with van der Waals surface area (Å²) in [6.07, 6.45) is 2.63. The molecule has 3 amide bonds. The normalized spacial score (nSPS) is 19.0. The zero-order valence-electron chi connectivity index (χ0n) is 16.8. The molecule has 2 aliphatic rings. The summed E-state index contributed by atoms with van der Waals surface area (Å²) in [6.45, 7) is 2.63. The highest BCUT2D eigenvalue weighted by molar-refractivity contribution is 6.17. The summed E-state index contributed by atoms with van der Waals surface area (Å²) in [5.41, 5.74) is 1.13. The van der Waals surface area contributed by atoms with E-state index in [4.69, 9.17) is 9.84 Å². The molecule has 2 N–H and O–H groups in total. The van der Waals surface area contributed by atoms with Gasteiger partial charge in [0.15, 0.2) is 0 Å². The van der Waals surface area contributed by atoms with Crippen molar-refractivity contribution in [1.82, 2.24) is 9.80 Å². The van der Waals surface area contributed by atoms with Crippen LogP contribution < -0.4 is 5.32 Å². The molecule has 1 atom stereocenters. The maximum Gasteiger partial charge on any atom is 0.310 e. The van der Waals surface area contributed by atoms with E-state index in [0.29, 0.717) is 37.4 Å². The van der Waals surface area contributed by atoms with Gasteiger partial charge >= 0.3 is 5.97 Å². The quantitative estimate of drug-likeness (QED) is 0.499. The van der Waals surface area contributed by atoms with Crippen LogP contribution in [0.15, 0.2) is 36.0 Å². The molecule has 0 aromatic heterocycles. The van der Waals surface area contributed by atoms with Crippen LogP contribution in [0.4, 0.5) is 5.69 Å². The number of hydrogen-bond donors (Lipinski definition) is 2. The van der Waals surface area contributed by atoms with Crippen molar-refractivity contribution in [2.45, 2.75) is 19.8 Å². The van der Waals surface area contributed by atoms with Gasteiger partial charge in [-0.3, -0.25) is 24.1 Å². The van der Waals surface area contributed by atoms with E-state index >= 15 is 0 Å². The molecule has 0 spiro atoms. The van der Waals surface area contributed by atoms with Gasteiger partial charge in [-0.25, -0.2) is 0 Å². The molecule has 2 aliphatic heterocycles. The van der Waals surface area contributed by atoms with Crippen molar-refractivity contribution in [3.63, 3.8) is 0 Å². The lowest BCUT2D eigenvalue weighted by Crippen LogP contribution is -2.42. The number of nitrogens with zero attached hydrogens (tertiary/aromatic N) is 2. The third-order valence-electron chi connectivity index (χ3n) is 5.07. The monoisotopic (exact) mass is 415 g/mol.